The van der Waals surface area contributed by atoms with E-state index >= 15 is 0 Å². The molecule has 1 aromatic carbocycles. The minimum atomic E-state index is 0.110. The van der Waals surface area contributed by atoms with Crippen LogP contribution in [0.1, 0.15) is 32.0 Å². The molecular weight excluding hydrogens is 276 g/mol. The summed E-state index contributed by atoms with van der Waals surface area (Å²) >= 11 is 0. The number of piperidine rings is 1. The summed E-state index contributed by atoms with van der Waals surface area (Å²) in [6.07, 6.45) is 3.03. The lowest BCUT2D eigenvalue weighted by molar-refractivity contribution is -0.122. The van der Waals surface area contributed by atoms with E-state index in [4.69, 9.17) is 0 Å². The molecule has 1 saturated heterocycles. The van der Waals surface area contributed by atoms with Crippen LogP contribution in [0.5, 0.6) is 0 Å². The number of aromatic nitrogens is 2. The maximum absolute atomic E-state index is 12.1. The molecule has 5 nitrogen and oxygen atoms in total. The van der Waals surface area contributed by atoms with Crippen LogP contribution in [0.2, 0.25) is 0 Å². The molecule has 118 valence electrons. The zero-order valence-corrected chi connectivity index (χ0v) is 13.1. The first-order chi connectivity index (χ1) is 10.7. The number of amides is 1. The van der Waals surface area contributed by atoms with Crippen molar-refractivity contribution in [3.8, 4) is 0 Å². The van der Waals surface area contributed by atoms with Crippen LogP contribution in [0.4, 0.5) is 0 Å². The fourth-order valence-electron chi connectivity index (χ4n) is 3.17. The van der Waals surface area contributed by atoms with Crippen LogP contribution in [0.3, 0.4) is 0 Å². The van der Waals surface area contributed by atoms with Gasteiger partial charge in [-0.15, -0.1) is 0 Å². The third kappa shape index (κ3) is 3.65. The van der Waals surface area contributed by atoms with E-state index in [1.165, 1.54) is 12.8 Å². The van der Waals surface area contributed by atoms with Gasteiger partial charge in [-0.1, -0.05) is 19.1 Å². The Bertz CT molecular complexity index is 597. The number of carbonyl (C=O) groups is 1. The lowest BCUT2D eigenvalue weighted by Gasteiger charge is -2.27. The molecule has 3 rings (SSSR count). The molecule has 0 bridgehead atoms. The van der Waals surface area contributed by atoms with Crippen LogP contribution in [0, 0.1) is 11.8 Å². The highest BCUT2D eigenvalue weighted by atomic mass is 16.1. The molecule has 1 aliphatic heterocycles. The molecule has 2 aromatic rings. The van der Waals surface area contributed by atoms with Crippen LogP contribution in [0.15, 0.2) is 24.3 Å². The maximum atomic E-state index is 12.1. The maximum Gasteiger partial charge on any atom is 0.220 e. The minimum absolute atomic E-state index is 0.110. The summed E-state index contributed by atoms with van der Waals surface area (Å²) < 4.78 is 0. The Hall–Kier alpha value is -1.88. The summed E-state index contributed by atoms with van der Waals surface area (Å²) in [6, 6.07) is 7.90. The van der Waals surface area contributed by atoms with Gasteiger partial charge < -0.3 is 15.6 Å². The molecule has 22 heavy (non-hydrogen) atoms. The number of imidazole rings is 1. The van der Waals surface area contributed by atoms with Gasteiger partial charge in [0.1, 0.15) is 5.82 Å². The third-order valence-electron chi connectivity index (χ3n) is 4.54. The molecule has 0 aliphatic carbocycles. The van der Waals surface area contributed by atoms with E-state index in [1.807, 2.05) is 24.3 Å². The van der Waals surface area contributed by atoms with Crippen molar-refractivity contribution in [1.82, 2.24) is 20.6 Å². The van der Waals surface area contributed by atoms with Gasteiger partial charge in [-0.25, -0.2) is 4.98 Å². The summed E-state index contributed by atoms with van der Waals surface area (Å²) in [5.41, 5.74) is 1.95. The molecule has 1 fully saturated rings. The number of carbonyl (C=O) groups excluding carboxylic acids is 1. The summed E-state index contributed by atoms with van der Waals surface area (Å²) in [6.45, 7) is 4.79. The van der Waals surface area contributed by atoms with Gasteiger partial charge in [0.25, 0.3) is 0 Å². The molecule has 3 N–H and O–H groups in total. The Morgan fingerprint density at radius 1 is 1.45 bits per heavy atom. The van der Waals surface area contributed by atoms with E-state index in [0.717, 1.165) is 29.9 Å². The summed E-state index contributed by atoms with van der Waals surface area (Å²) in [7, 11) is 0. The van der Waals surface area contributed by atoms with Gasteiger partial charge in [0, 0.05) is 6.42 Å². The molecule has 2 unspecified atom stereocenters. The standard InChI is InChI=1S/C17H24N4O/c1-12(13-5-4-8-18-10-13)9-17(22)19-11-16-20-14-6-2-3-7-15(14)21-16/h2-3,6-7,12-13,18H,4-5,8-11H2,1H3,(H,19,22)(H,20,21). The lowest BCUT2D eigenvalue weighted by Crippen LogP contribution is -2.35. The number of H-pyrrole nitrogens is 1. The second-order valence-electron chi connectivity index (χ2n) is 6.27. The number of benzene rings is 1. The highest BCUT2D eigenvalue weighted by Gasteiger charge is 2.21. The number of hydrogen-bond acceptors (Lipinski definition) is 3. The SMILES string of the molecule is CC(CC(=O)NCc1nc2ccccc2[nH]1)C1CCCNC1. The zero-order chi connectivity index (χ0) is 15.4. The lowest BCUT2D eigenvalue weighted by atomic mass is 9.85. The topological polar surface area (TPSA) is 69.8 Å². The highest BCUT2D eigenvalue weighted by Crippen LogP contribution is 2.22. The van der Waals surface area contributed by atoms with E-state index in [9.17, 15) is 4.79 Å². The summed E-state index contributed by atoms with van der Waals surface area (Å²) in [5.74, 6) is 1.95. The number of nitrogens with one attached hydrogen (secondary N) is 3. The average molecular weight is 300 g/mol. The van der Waals surface area contributed by atoms with Crippen molar-refractivity contribution >= 4 is 16.9 Å². The molecule has 5 heteroatoms. The van der Waals surface area contributed by atoms with Gasteiger partial charge >= 0.3 is 0 Å². The first-order valence-electron chi connectivity index (χ1n) is 8.13. The molecule has 1 aromatic heterocycles. The Morgan fingerprint density at radius 2 is 2.32 bits per heavy atom. The highest BCUT2D eigenvalue weighted by molar-refractivity contribution is 5.77. The van der Waals surface area contributed by atoms with Crippen LogP contribution in [-0.2, 0) is 11.3 Å². The van der Waals surface area contributed by atoms with Crippen molar-refractivity contribution in [3.05, 3.63) is 30.1 Å². The van der Waals surface area contributed by atoms with Crippen molar-refractivity contribution < 1.29 is 4.79 Å². The van der Waals surface area contributed by atoms with E-state index < -0.39 is 0 Å². The molecule has 0 spiro atoms. The zero-order valence-electron chi connectivity index (χ0n) is 13.1. The Kier molecular flexibility index (Phi) is 4.73. The van der Waals surface area contributed by atoms with Crippen molar-refractivity contribution in [2.45, 2.75) is 32.7 Å². The van der Waals surface area contributed by atoms with E-state index in [1.54, 1.807) is 0 Å². The van der Waals surface area contributed by atoms with Crippen LogP contribution < -0.4 is 10.6 Å². The Morgan fingerprint density at radius 3 is 3.09 bits per heavy atom. The molecule has 0 saturated carbocycles. The molecule has 0 radical (unpaired) electrons. The number of rotatable bonds is 5. The van der Waals surface area contributed by atoms with Gasteiger partial charge in [0.05, 0.1) is 17.6 Å². The first kappa shape index (κ1) is 15.0. The summed E-state index contributed by atoms with van der Waals surface area (Å²) in [5, 5.41) is 6.39. The molecular formula is C17H24N4O. The average Bonchev–Trinajstić information content (AvgIpc) is 2.96. The third-order valence-corrected chi connectivity index (χ3v) is 4.54. The predicted octanol–water partition coefficient (Wildman–Crippen LogP) is 2.20. The van der Waals surface area contributed by atoms with Crippen molar-refractivity contribution in [2.24, 2.45) is 11.8 Å². The number of hydrogen-bond donors (Lipinski definition) is 3. The van der Waals surface area contributed by atoms with Crippen LogP contribution >= 0.6 is 0 Å². The van der Waals surface area contributed by atoms with Gasteiger partial charge in [-0.3, -0.25) is 4.79 Å². The fraction of sp³-hybridized carbons (Fsp3) is 0.529. The van der Waals surface area contributed by atoms with E-state index in [-0.39, 0.29) is 5.91 Å². The quantitative estimate of drug-likeness (QED) is 0.793. The van der Waals surface area contributed by atoms with Gasteiger partial charge in [-0.05, 0) is 49.9 Å². The second kappa shape index (κ2) is 6.92. The molecule has 2 atom stereocenters. The summed E-state index contributed by atoms with van der Waals surface area (Å²) in [4.78, 5) is 19.8. The van der Waals surface area contributed by atoms with Crippen molar-refractivity contribution in [3.63, 3.8) is 0 Å². The predicted molar refractivity (Wildman–Crippen MR) is 87.3 cm³/mol. The molecule has 2 heterocycles. The number of para-hydroxylation sites is 2. The van der Waals surface area contributed by atoms with Crippen molar-refractivity contribution in [1.29, 1.82) is 0 Å². The van der Waals surface area contributed by atoms with Crippen LogP contribution in [0.25, 0.3) is 11.0 Å². The van der Waals surface area contributed by atoms with Gasteiger partial charge in [0.2, 0.25) is 5.91 Å². The van der Waals surface area contributed by atoms with E-state index in [0.29, 0.717) is 24.8 Å². The van der Waals surface area contributed by atoms with E-state index in [2.05, 4.69) is 27.5 Å². The largest absolute Gasteiger partial charge is 0.349 e. The number of aromatic amines is 1. The van der Waals surface area contributed by atoms with Gasteiger partial charge in [0.15, 0.2) is 0 Å². The Balaban J connectivity index is 1.49. The first-order valence-corrected chi connectivity index (χ1v) is 8.13. The minimum Gasteiger partial charge on any atom is -0.349 e. The van der Waals surface area contributed by atoms with Crippen molar-refractivity contribution in [2.75, 3.05) is 13.1 Å². The number of nitrogens with zero attached hydrogens (tertiary/aromatic N) is 1. The Labute approximate surface area is 130 Å². The number of fused-ring (bicyclic) bond motifs is 1. The second-order valence-corrected chi connectivity index (χ2v) is 6.27. The van der Waals surface area contributed by atoms with Crippen LogP contribution in [-0.4, -0.2) is 29.0 Å². The normalized spacial score (nSPS) is 20.0. The molecule has 1 amide bonds. The fourth-order valence-corrected chi connectivity index (χ4v) is 3.17. The van der Waals surface area contributed by atoms with Gasteiger partial charge in [-0.2, -0.15) is 0 Å². The molecule has 1 aliphatic rings. The monoisotopic (exact) mass is 300 g/mol. The smallest absolute Gasteiger partial charge is 0.220 e.